The van der Waals surface area contributed by atoms with E-state index in [9.17, 15) is 0 Å². The summed E-state index contributed by atoms with van der Waals surface area (Å²) in [6.07, 6.45) is 6.08. The summed E-state index contributed by atoms with van der Waals surface area (Å²) in [6.45, 7) is 13.4. The highest BCUT2D eigenvalue weighted by Crippen LogP contribution is 2.30. The van der Waals surface area contributed by atoms with Crippen LogP contribution in [0.3, 0.4) is 0 Å². The molecule has 0 saturated heterocycles. The van der Waals surface area contributed by atoms with E-state index in [1.807, 2.05) is 30.3 Å². The molecule has 0 bridgehead atoms. The van der Waals surface area contributed by atoms with Crippen LogP contribution in [0.25, 0.3) is 16.9 Å². The Bertz CT molecular complexity index is 1330. The van der Waals surface area contributed by atoms with Gasteiger partial charge in [-0.1, -0.05) is 51.4 Å². The van der Waals surface area contributed by atoms with Gasteiger partial charge in [-0.2, -0.15) is 0 Å². The largest absolute Gasteiger partial charge is 0.494 e. The number of benzene rings is 3. The summed E-state index contributed by atoms with van der Waals surface area (Å²) in [7, 11) is 0. The zero-order valence-corrected chi connectivity index (χ0v) is 25.7. The minimum absolute atomic E-state index is 0.383. The molecule has 4 aromatic rings. The van der Waals surface area contributed by atoms with E-state index in [-0.39, 0.29) is 0 Å². The van der Waals surface area contributed by atoms with Gasteiger partial charge >= 0.3 is 0 Å². The predicted octanol–water partition coefficient (Wildman–Crippen LogP) is 8.83. The first-order valence-electron chi connectivity index (χ1n) is 15.1. The van der Waals surface area contributed by atoms with Gasteiger partial charge in [-0.25, -0.2) is 4.98 Å². The van der Waals surface area contributed by atoms with Crippen molar-refractivity contribution in [3.05, 3.63) is 95.4 Å². The predicted molar refractivity (Wildman–Crippen MR) is 171 cm³/mol. The Morgan fingerprint density at radius 1 is 0.829 bits per heavy atom. The maximum absolute atomic E-state index is 6.10. The van der Waals surface area contributed by atoms with Gasteiger partial charge in [-0.15, -0.1) is 0 Å². The molecule has 3 aromatic carbocycles. The molecule has 0 aliphatic carbocycles. The lowest BCUT2D eigenvalue weighted by Gasteiger charge is -2.18. The third-order valence-corrected chi connectivity index (χ3v) is 7.91. The van der Waals surface area contributed by atoms with Crippen molar-refractivity contribution < 1.29 is 9.47 Å². The van der Waals surface area contributed by atoms with Crippen LogP contribution < -0.4 is 9.47 Å². The Hall–Kier alpha value is -3.28. The fourth-order valence-electron chi connectivity index (χ4n) is 5.10. The van der Waals surface area contributed by atoms with Gasteiger partial charge in [0.15, 0.2) is 0 Å². The Morgan fingerprint density at radius 3 is 2.12 bits per heavy atom. The number of rotatable bonds is 16. The molecule has 6 heteroatoms. The van der Waals surface area contributed by atoms with Crippen molar-refractivity contribution in [1.29, 1.82) is 0 Å². The molecule has 0 atom stereocenters. The lowest BCUT2D eigenvalue weighted by Crippen LogP contribution is -2.25. The van der Waals surface area contributed by atoms with Crippen molar-refractivity contribution in [3.63, 3.8) is 0 Å². The number of nitrogens with zero attached hydrogens (tertiary/aromatic N) is 3. The SMILES string of the molecule is CCC(CC)c1nc(-c2ccc(OCCc3cccc(Cl)c3)cc2)cn1-c1ccc(OCCCN(CC)CC)cc1. The Balaban J connectivity index is 1.43. The topological polar surface area (TPSA) is 39.5 Å². The van der Waals surface area contributed by atoms with E-state index >= 15 is 0 Å². The summed E-state index contributed by atoms with van der Waals surface area (Å²) in [4.78, 5) is 7.55. The van der Waals surface area contributed by atoms with Crippen molar-refractivity contribution in [2.75, 3.05) is 32.8 Å². The summed E-state index contributed by atoms with van der Waals surface area (Å²) in [5.41, 5.74) is 4.31. The van der Waals surface area contributed by atoms with Gasteiger partial charge in [0.1, 0.15) is 17.3 Å². The fraction of sp³-hybridized carbons (Fsp3) is 0.400. The van der Waals surface area contributed by atoms with Gasteiger partial charge in [-0.05, 0) is 98.6 Å². The van der Waals surface area contributed by atoms with Gasteiger partial charge in [-0.3, -0.25) is 0 Å². The van der Waals surface area contributed by atoms with Crippen molar-refractivity contribution >= 4 is 11.6 Å². The summed E-state index contributed by atoms with van der Waals surface area (Å²) in [5, 5.41) is 0.754. The molecular formula is C35H44ClN3O2. The van der Waals surface area contributed by atoms with Crippen LogP contribution in [0.1, 0.15) is 64.3 Å². The van der Waals surface area contributed by atoms with Crippen LogP contribution >= 0.6 is 11.6 Å². The second-order valence-electron chi connectivity index (χ2n) is 10.3. The van der Waals surface area contributed by atoms with E-state index in [0.29, 0.717) is 12.5 Å². The van der Waals surface area contributed by atoms with Gasteiger partial charge in [0.25, 0.3) is 0 Å². The second-order valence-corrected chi connectivity index (χ2v) is 10.8. The number of ether oxygens (including phenoxy) is 2. The molecule has 41 heavy (non-hydrogen) atoms. The quantitative estimate of drug-likeness (QED) is 0.125. The Kier molecular flexibility index (Phi) is 11.7. The first-order valence-corrected chi connectivity index (χ1v) is 15.4. The minimum atomic E-state index is 0.383. The van der Waals surface area contributed by atoms with Gasteiger partial charge < -0.3 is 18.9 Å². The highest BCUT2D eigenvalue weighted by molar-refractivity contribution is 6.30. The van der Waals surface area contributed by atoms with E-state index in [2.05, 4.69) is 85.8 Å². The first kappa shape index (κ1) is 30.7. The molecule has 0 aliphatic heterocycles. The molecule has 1 heterocycles. The molecule has 4 rings (SSSR count). The summed E-state index contributed by atoms with van der Waals surface area (Å²) in [6, 6.07) is 24.5. The van der Waals surface area contributed by atoms with E-state index < -0.39 is 0 Å². The molecule has 218 valence electrons. The molecule has 0 spiro atoms. The molecule has 1 aromatic heterocycles. The number of imidazole rings is 1. The molecule has 5 nitrogen and oxygen atoms in total. The lowest BCUT2D eigenvalue weighted by molar-refractivity contribution is 0.249. The molecule has 0 aliphatic rings. The maximum atomic E-state index is 6.10. The average Bonchev–Trinajstić information content (AvgIpc) is 3.44. The number of hydrogen-bond donors (Lipinski definition) is 0. The molecule has 0 radical (unpaired) electrons. The van der Waals surface area contributed by atoms with Crippen LogP contribution in [0.2, 0.25) is 5.02 Å². The third kappa shape index (κ3) is 8.61. The zero-order valence-electron chi connectivity index (χ0n) is 25.0. The van der Waals surface area contributed by atoms with Crippen LogP contribution in [0.5, 0.6) is 11.5 Å². The lowest BCUT2D eigenvalue weighted by atomic mass is 10.0. The summed E-state index contributed by atoms with van der Waals surface area (Å²) >= 11 is 6.10. The summed E-state index contributed by atoms with van der Waals surface area (Å²) in [5.74, 6) is 3.24. The second kappa shape index (κ2) is 15.6. The third-order valence-electron chi connectivity index (χ3n) is 7.68. The number of hydrogen-bond acceptors (Lipinski definition) is 4. The standard InChI is InChI=1S/C35H44ClN3O2/c1-5-28(6-2)35-37-34(29-13-17-32(18-14-29)41-24-21-27-11-9-12-30(36)25-27)26-39(35)31-15-19-33(20-16-31)40-23-10-22-38(7-3)8-4/h9,11-20,25-26,28H,5-8,10,21-24H2,1-4H3. The van der Waals surface area contributed by atoms with Crippen LogP contribution in [0.15, 0.2) is 79.0 Å². The van der Waals surface area contributed by atoms with Crippen molar-refractivity contribution in [2.24, 2.45) is 0 Å². The molecular weight excluding hydrogens is 530 g/mol. The molecule has 0 amide bonds. The van der Waals surface area contributed by atoms with Crippen molar-refractivity contribution in [2.45, 2.75) is 59.3 Å². The van der Waals surface area contributed by atoms with Crippen molar-refractivity contribution in [1.82, 2.24) is 14.5 Å². The normalized spacial score (nSPS) is 11.4. The van der Waals surface area contributed by atoms with Gasteiger partial charge in [0.2, 0.25) is 0 Å². The minimum Gasteiger partial charge on any atom is -0.494 e. The monoisotopic (exact) mass is 573 g/mol. The molecule has 0 saturated carbocycles. The Labute approximate surface area is 251 Å². The number of aromatic nitrogens is 2. The van der Waals surface area contributed by atoms with Crippen LogP contribution in [-0.4, -0.2) is 47.3 Å². The van der Waals surface area contributed by atoms with E-state index in [1.165, 1.54) is 5.56 Å². The first-order chi connectivity index (χ1) is 20.0. The Morgan fingerprint density at radius 2 is 1.49 bits per heavy atom. The van der Waals surface area contributed by atoms with E-state index in [1.54, 1.807) is 0 Å². The molecule has 0 unspecified atom stereocenters. The van der Waals surface area contributed by atoms with E-state index in [4.69, 9.17) is 26.1 Å². The summed E-state index contributed by atoms with van der Waals surface area (Å²) < 4.78 is 14.3. The van der Waals surface area contributed by atoms with Crippen molar-refractivity contribution in [3.8, 4) is 28.4 Å². The van der Waals surface area contributed by atoms with Crippen LogP contribution in [0, 0.1) is 0 Å². The fourth-order valence-corrected chi connectivity index (χ4v) is 5.32. The number of halogens is 1. The molecule has 0 N–H and O–H groups in total. The van der Waals surface area contributed by atoms with E-state index in [0.717, 1.165) is 91.2 Å². The van der Waals surface area contributed by atoms with Gasteiger partial charge in [0, 0.05) is 41.4 Å². The zero-order chi connectivity index (χ0) is 29.0. The maximum Gasteiger partial charge on any atom is 0.119 e. The smallest absolute Gasteiger partial charge is 0.119 e. The van der Waals surface area contributed by atoms with Gasteiger partial charge in [0.05, 0.1) is 18.9 Å². The van der Waals surface area contributed by atoms with Crippen LogP contribution in [0.4, 0.5) is 0 Å². The highest BCUT2D eigenvalue weighted by atomic mass is 35.5. The van der Waals surface area contributed by atoms with Crippen LogP contribution in [-0.2, 0) is 6.42 Å². The average molecular weight is 574 g/mol. The molecule has 0 fully saturated rings. The highest BCUT2D eigenvalue weighted by Gasteiger charge is 2.18.